The van der Waals surface area contributed by atoms with E-state index in [9.17, 15) is 27.9 Å². The molecule has 1 amide bonds. The van der Waals surface area contributed by atoms with E-state index in [1.807, 2.05) is 6.07 Å². The second-order valence-corrected chi connectivity index (χ2v) is 8.68. The van der Waals surface area contributed by atoms with Crippen molar-refractivity contribution in [3.63, 3.8) is 0 Å². The zero-order chi connectivity index (χ0) is 22.6. The number of benzene rings is 1. The Kier molecular flexibility index (Phi) is 7.13. The van der Waals surface area contributed by atoms with Crippen LogP contribution in [-0.2, 0) is 20.7 Å². The number of piperidine rings is 1. The third kappa shape index (κ3) is 6.35. The standard InChI is InChI=1S/C22H29F3N2O4/c1-31-19(29)7-10-26-11-8-21(9-12-26,14-16-3-2-4-18(28)13-16)15-27(17-5-6-17)20(30)22(23,24)25/h2-4,13,17,28H,5-12,14-15H2,1H3. The Hall–Kier alpha value is -2.29. The van der Waals surface area contributed by atoms with Crippen LogP contribution in [0.15, 0.2) is 24.3 Å². The molecule has 0 bridgehead atoms. The summed E-state index contributed by atoms with van der Waals surface area (Å²) in [5.41, 5.74) is 0.303. The number of amides is 1. The quantitative estimate of drug-likeness (QED) is 0.627. The number of carbonyl (C=O) groups excluding carboxylic acids is 2. The number of ether oxygens (including phenoxy) is 1. The molecule has 0 aromatic heterocycles. The van der Waals surface area contributed by atoms with Crippen molar-refractivity contribution in [3.8, 4) is 5.75 Å². The highest BCUT2D eigenvalue weighted by Crippen LogP contribution is 2.41. The lowest BCUT2D eigenvalue weighted by Gasteiger charge is -2.45. The molecule has 0 radical (unpaired) electrons. The normalized spacial score (nSPS) is 19.1. The maximum Gasteiger partial charge on any atom is 0.471 e. The maximum atomic E-state index is 13.2. The highest BCUT2D eigenvalue weighted by molar-refractivity contribution is 5.82. The summed E-state index contributed by atoms with van der Waals surface area (Å²) in [6, 6.07) is 6.38. The van der Waals surface area contributed by atoms with Gasteiger partial charge in [-0.15, -0.1) is 0 Å². The molecule has 2 aliphatic rings. The van der Waals surface area contributed by atoms with E-state index in [1.54, 1.807) is 18.2 Å². The topological polar surface area (TPSA) is 70.1 Å². The highest BCUT2D eigenvalue weighted by atomic mass is 19.4. The number of hydrogen-bond donors (Lipinski definition) is 1. The van der Waals surface area contributed by atoms with Crippen LogP contribution in [-0.4, -0.2) is 72.3 Å². The van der Waals surface area contributed by atoms with Crippen LogP contribution in [0, 0.1) is 5.41 Å². The fraction of sp³-hybridized carbons (Fsp3) is 0.636. The second-order valence-electron chi connectivity index (χ2n) is 8.68. The molecule has 1 heterocycles. The minimum atomic E-state index is -4.89. The van der Waals surface area contributed by atoms with Crippen molar-refractivity contribution in [1.29, 1.82) is 0 Å². The lowest BCUT2D eigenvalue weighted by Crippen LogP contribution is -2.52. The van der Waals surface area contributed by atoms with Crippen LogP contribution in [0.4, 0.5) is 13.2 Å². The van der Waals surface area contributed by atoms with E-state index in [0.717, 1.165) is 10.5 Å². The molecule has 1 saturated heterocycles. The van der Waals surface area contributed by atoms with Crippen molar-refractivity contribution in [3.05, 3.63) is 29.8 Å². The Balaban J connectivity index is 1.77. The summed E-state index contributed by atoms with van der Waals surface area (Å²) in [6.07, 6.45) is -1.78. The molecule has 1 saturated carbocycles. The van der Waals surface area contributed by atoms with Crippen LogP contribution in [0.3, 0.4) is 0 Å². The molecule has 172 valence electrons. The molecule has 31 heavy (non-hydrogen) atoms. The molecular weight excluding hydrogens is 413 g/mol. The zero-order valence-electron chi connectivity index (χ0n) is 17.7. The third-order valence-electron chi connectivity index (χ3n) is 6.26. The molecule has 1 aliphatic carbocycles. The summed E-state index contributed by atoms with van der Waals surface area (Å²) < 4.78 is 44.4. The minimum absolute atomic E-state index is 0.0382. The lowest BCUT2D eigenvalue weighted by molar-refractivity contribution is -0.188. The van der Waals surface area contributed by atoms with Crippen LogP contribution >= 0.6 is 0 Å². The van der Waals surface area contributed by atoms with Crippen LogP contribution in [0.25, 0.3) is 0 Å². The van der Waals surface area contributed by atoms with Gasteiger partial charge >= 0.3 is 18.1 Å². The molecule has 0 unspecified atom stereocenters. The maximum absolute atomic E-state index is 13.2. The Bertz CT molecular complexity index is 787. The Morgan fingerprint density at radius 2 is 1.94 bits per heavy atom. The third-order valence-corrected chi connectivity index (χ3v) is 6.26. The van der Waals surface area contributed by atoms with E-state index >= 15 is 0 Å². The SMILES string of the molecule is COC(=O)CCN1CCC(Cc2cccc(O)c2)(CN(C(=O)C(F)(F)F)C2CC2)CC1. The van der Waals surface area contributed by atoms with Gasteiger partial charge in [0.1, 0.15) is 5.75 Å². The van der Waals surface area contributed by atoms with Gasteiger partial charge in [-0.25, -0.2) is 0 Å². The number of esters is 1. The number of halogens is 3. The molecular formula is C22H29F3N2O4. The van der Waals surface area contributed by atoms with E-state index in [0.29, 0.717) is 51.7 Å². The summed E-state index contributed by atoms with van der Waals surface area (Å²) in [6.45, 7) is 1.81. The van der Waals surface area contributed by atoms with Crippen molar-refractivity contribution in [2.45, 2.75) is 50.7 Å². The van der Waals surface area contributed by atoms with E-state index < -0.39 is 17.5 Å². The number of alkyl halides is 3. The van der Waals surface area contributed by atoms with E-state index in [-0.39, 0.29) is 30.7 Å². The van der Waals surface area contributed by atoms with Crippen LogP contribution in [0.1, 0.15) is 37.7 Å². The monoisotopic (exact) mass is 442 g/mol. The fourth-order valence-electron chi connectivity index (χ4n) is 4.37. The summed E-state index contributed by atoms with van der Waals surface area (Å²) >= 11 is 0. The number of carbonyl (C=O) groups is 2. The van der Waals surface area contributed by atoms with Crippen molar-refractivity contribution < 1.29 is 32.6 Å². The van der Waals surface area contributed by atoms with E-state index in [1.165, 1.54) is 7.11 Å². The smallest absolute Gasteiger partial charge is 0.471 e. The number of likely N-dealkylation sites (tertiary alicyclic amines) is 1. The number of phenolic OH excluding ortho intramolecular Hbond substituents is 1. The first-order valence-corrected chi connectivity index (χ1v) is 10.6. The number of hydrogen-bond acceptors (Lipinski definition) is 5. The van der Waals surface area contributed by atoms with Gasteiger partial charge < -0.3 is 19.6 Å². The van der Waals surface area contributed by atoms with Gasteiger partial charge in [0, 0.05) is 19.1 Å². The van der Waals surface area contributed by atoms with Crippen LogP contribution < -0.4 is 0 Å². The summed E-state index contributed by atoms with van der Waals surface area (Å²) in [5, 5.41) is 9.82. The number of rotatable bonds is 8. The molecule has 1 N–H and O–H groups in total. The highest BCUT2D eigenvalue weighted by Gasteiger charge is 2.50. The first-order chi connectivity index (χ1) is 14.6. The Morgan fingerprint density at radius 3 is 2.48 bits per heavy atom. The van der Waals surface area contributed by atoms with E-state index in [2.05, 4.69) is 9.64 Å². The minimum Gasteiger partial charge on any atom is -0.508 e. The summed E-state index contributed by atoms with van der Waals surface area (Å²) in [5.74, 6) is -1.96. The van der Waals surface area contributed by atoms with Gasteiger partial charge in [0.25, 0.3) is 0 Å². The van der Waals surface area contributed by atoms with Crippen molar-refractivity contribution in [1.82, 2.24) is 9.80 Å². The second kappa shape index (κ2) is 9.46. The molecule has 1 aromatic carbocycles. The molecule has 2 fully saturated rings. The van der Waals surface area contributed by atoms with Crippen LogP contribution in [0.2, 0.25) is 0 Å². The molecule has 6 nitrogen and oxygen atoms in total. The first kappa shape index (κ1) is 23.4. The zero-order valence-corrected chi connectivity index (χ0v) is 17.7. The van der Waals surface area contributed by atoms with Crippen molar-refractivity contribution in [2.24, 2.45) is 5.41 Å². The van der Waals surface area contributed by atoms with Gasteiger partial charge in [-0.05, 0) is 68.3 Å². The van der Waals surface area contributed by atoms with Crippen molar-refractivity contribution in [2.75, 3.05) is 33.3 Å². The summed E-state index contributed by atoms with van der Waals surface area (Å²) in [7, 11) is 1.34. The molecule has 9 heteroatoms. The van der Waals surface area contributed by atoms with Crippen LogP contribution in [0.5, 0.6) is 5.75 Å². The molecule has 3 rings (SSSR count). The number of nitrogens with zero attached hydrogens (tertiary/aromatic N) is 2. The first-order valence-electron chi connectivity index (χ1n) is 10.6. The van der Waals surface area contributed by atoms with Gasteiger partial charge in [-0.1, -0.05) is 12.1 Å². The average molecular weight is 442 g/mol. The Labute approximate surface area is 180 Å². The predicted molar refractivity (Wildman–Crippen MR) is 107 cm³/mol. The predicted octanol–water partition coefficient (Wildman–Crippen LogP) is 3.13. The molecule has 0 atom stereocenters. The number of methoxy groups -OCH3 is 1. The molecule has 0 spiro atoms. The fourth-order valence-corrected chi connectivity index (χ4v) is 4.37. The summed E-state index contributed by atoms with van der Waals surface area (Å²) in [4.78, 5) is 26.7. The Morgan fingerprint density at radius 1 is 1.26 bits per heavy atom. The van der Waals surface area contributed by atoms with Crippen molar-refractivity contribution >= 4 is 11.9 Å². The van der Waals surface area contributed by atoms with Gasteiger partial charge in [-0.3, -0.25) is 9.59 Å². The van der Waals surface area contributed by atoms with Gasteiger partial charge in [-0.2, -0.15) is 13.2 Å². The van der Waals surface area contributed by atoms with Gasteiger partial charge in [0.2, 0.25) is 0 Å². The molecule has 1 aromatic rings. The average Bonchev–Trinajstić information content (AvgIpc) is 3.55. The lowest BCUT2D eigenvalue weighted by atomic mass is 9.73. The number of aromatic hydroxyl groups is 1. The number of phenols is 1. The van der Waals surface area contributed by atoms with Gasteiger partial charge in [0.05, 0.1) is 13.5 Å². The van der Waals surface area contributed by atoms with E-state index in [4.69, 9.17) is 0 Å². The largest absolute Gasteiger partial charge is 0.508 e. The molecule has 1 aliphatic heterocycles. The van der Waals surface area contributed by atoms with Gasteiger partial charge in [0.15, 0.2) is 0 Å².